The summed E-state index contributed by atoms with van der Waals surface area (Å²) in [7, 11) is -3.10. The van der Waals surface area contributed by atoms with E-state index in [1.54, 1.807) is 6.92 Å². The molecule has 1 saturated heterocycles. The zero-order valence-corrected chi connectivity index (χ0v) is 14.1. The third kappa shape index (κ3) is 3.52. The number of H-pyrrole nitrogens is 1. The molecule has 124 valence electrons. The molecule has 1 aliphatic heterocycles. The summed E-state index contributed by atoms with van der Waals surface area (Å²) in [4.78, 5) is 10.7. The molecule has 0 saturated carbocycles. The minimum atomic E-state index is -3.10. The highest BCUT2D eigenvalue weighted by Crippen LogP contribution is 2.31. The van der Waals surface area contributed by atoms with Crippen molar-refractivity contribution in [3.8, 4) is 0 Å². The van der Waals surface area contributed by atoms with Crippen LogP contribution in [-0.2, 0) is 22.9 Å². The van der Waals surface area contributed by atoms with E-state index < -0.39 is 10.0 Å². The number of aromatic nitrogens is 2. The number of imidazole rings is 1. The zero-order valence-electron chi connectivity index (χ0n) is 13.3. The summed E-state index contributed by atoms with van der Waals surface area (Å²) in [6.45, 7) is 3.90. The number of sulfonamides is 1. The second-order valence-corrected chi connectivity index (χ2v) is 8.34. The van der Waals surface area contributed by atoms with E-state index in [-0.39, 0.29) is 5.75 Å². The first-order valence-electron chi connectivity index (χ1n) is 8.38. The monoisotopic (exact) mass is 326 g/mol. The van der Waals surface area contributed by atoms with Crippen molar-refractivity contribution in [1.82, 2.24) is 19.6 Å². The highest BCUT2D eigenvalue weighted by molar-refractivity contribution is 7.89. The van der Waals surface area contributed by atoms with E-state index in [4.69, 9.17) is 4.98 Å². The van der Waals surface area contributed by atoms with Crippen LogP contribution in [0.4, 0.5) is 0 Å². The Hall–Kier alpha value is -0.920. The van der Waals surface area contributed by atoms with Gasteiger partial charge in [0.2, 0.25) is 10.0 Å². The molecule has 2 N–H and O–H groups in total. The van der Waals surface area contributed by atoms with Crippen LogP contribution in [-0.4, -0.2) is 48.7 Å². The highest BCUT2D eigenvalue weighted by Gasteiger charge is 2.29. The van der Waals surface area contributed by atoms with Gasteiger partial charge in [-0.05, 0) is 52.0 Å². The van der Waals surface area contributed by atoms with Crippen molar-refractivity contribution in [1.29, 1.82) is 0 Å². The lowest BCUT2D eigenvalue weighted by Crippen LogP contribution is -2.35. The number of hydrogen-bond donors (Lipinski definition) is 2. The average Bonchev–Trinajstić information content (AvgIpc) is 3.12. The van der Waals surface area contributed by atoms with E-state index in [2.05, 4.69) is 14.6 Å². The number of hydrogen-bond acceptors (Lipinski definition) is 4. The summed E-state index contributed by atoms with van der Waals surface area (Å²) in [5, 5.41) is 0. The molecule has 1 atom stereocenters. The molecule has 2 aliphatic rings. The Balaban J connectivity index is 1.62. The molecule has 0 spiro atoms. The Kier molecular flexibility index (Phi) is 4.84. The van der Waals surface area contributed by atoms with Crippen LogP contribution < -0.4 is 4.72 Å². The standard InChI is InChI=1S/C15H26N4O2S/c1-2-22(20,21)16-9-11-19-10-5-8-14(19)15-17-12-6-3-4-7-13(12)18-15/h14,16H,2-11H2,1H3,(H,17,18)/t14-/m0/s1. The van der Waals surface area contributed by atoms with E-state index >= 15 is 0 Å². The van der Waals surface area contributed by atoms with Gasteiger partial charge in [-0.3, -0.25) is 4.90 Å². The molecule has 0 radical (unpaired) electrons. The van der Waals surface area contributed by atoms with Crippen LogP contribution in [0.2, 0.25) is 0 Å². The van der Waals surface area contributed by atoms with Crippen LogP contribution in [0.25, 0.3) is 0 Å². The summed E-state index contributed by atoms with van der Waals surface area (Å²) in [6, 6.07) is 0.316. The Morgan fingerprint density at radius 2 is 2.14 bits per heavy atom. The Bertz CT molecular complexity index is 588. The van der Waals surface area contributed by atoms with Crippen LogP contribution in [0, 0.1) is 0 Å². The van der Waals surface area contributed by atoms with Gasteiger partial charge in [-0.2, -0.15) is 0 Å². The number of nitrogens with one attached hydrogen (secondary N) is 2. The van der Waals surface area contributed by atoms with Crippen molar-refractivity contribution in [2.45, 2.75) is 51.5 Å². The van der Waals surface area contributed by atoms with Gasteiger partial charge in [-0.25, -0.2) is 18.1 Å². The summed E-state index contributed by atoms with van der Waals surface area (Å²) < 4.78 is 25.7. The van der Waals surface area contributed by atoms with E-state index in [1.807, 2.05) is 0 Å². The van der Waals surface area contributed by atoms with Gasteiger partial charge in [0.05, 0.1) is 17.5 Å². The minimum absolute atomic E-state index is 0.140. The molecule has 1 aromatic heterocycles. The van der Waals surface area contributed by atoms with Crippen molar-refractivity contribution < 1.29 is 8.42 Å². The molecule has 2 heterocycles. The molecule has 22 heavy (non-hydrogen) atoms. The topological polar surface area (TPSA) is 78.1 Å². The Morgan fingerprint density at radius 1 is 1.32 bits per heavy atom. The number of fused-ring (bicyclic) bond motifs is 1. The lowest BCUT2D eigenvalue weighted by Gasteiger charge is -2.22. The maximum absolute atomic E-state index is 11.5. The fourth-order valence-corrected chi connectivity index (χ4v) is 4.09. The molecule has 0 bridgehead atoms. The summed E-state index contributed by atoms with van der Waals surface area (Å²) in [6.07, 6.45) is 6.95. The quantitative estimate of drug-likeness (QED) is 0.827. The van der Waals surface area contributed by atoms with E-state index in [1.165, 1.54) is 24.2 Å². The van der Waals surface area contributed by atoms with Crippen molar-refractivity contribution in [2.24, 2.45) is 0 Å². The molecule has 0 amide bonds. The summed E-state index contributed by atoms with van der Waals surface area (Å²) >= 11 is 0. The smallest absolute Gasteiger partial charge is 0.211 e. The van der Waals surface area contributed by atoms with E-state index in [0.29, 0.717) is 12.6 Å². The Labute approximate surface area is 132 Å². The molecular weight excluding hydrogens is 300 g/mol. The zero-order chi connectivity index (χ0) is 15.6. The van der Waals surface area contributed by atoms with Gasteiger partial charge < -0.3 is 4.98 Å². The van der Waals surface area contributed by atoms with Gasteiger partial charge in [-0.1, -0.05) is 0 Å². The lowest BCUT2D eigenvalue weighted by molar-refractivity contribution is 0.253. The summed E-state index contributed by atoms with van der Waals surface area (Å²) in [5.74, 6) is 1.23. The van der Waals surface area contributed by atoms with Gasteiger partial charge >= 0.3 is 0 Å². The number of nitrogens with zero attached hydrogens (tertiary/aromatic N) is 2. The average molecular weight is 326 g/mol. The minimum Gasteiger partial charge on any atom is -0.344 e. The predicted molar refractivity (Wildman–Crippen MR) is 86.2 cm³/mol. The van der Waals surface area contributed by atoms with Gasteiger partial charge in [-0.15, -0.1) is 0 Å². The van der Waals surface area contributed by atoms with Crippen LogP contribution in [0.5, 0.6) is 0 Å². The number of likely N-dealkylation sites (tertiary alicyclic amines) is 1. The normalized spacial score (nSPS) is 22.9. The van der Waals surface area contributed by atoms with Gasteiger partial charge in [0, 0.05) is 18.8 Å². The van der Waals surface area contributed by atoms with Crippen molar-refractivity contribution >= 4 is 10.0 Å². The molecule has 1 aliphatic carbocycles. The van der Waals surface area contributed by atoms with E-state index in [0.717, 1.165) is 44.6 Å². The largest absolute Gasteiger partial charge is 0.344 e. The molecule has 1 fully saturated rings. The van der Waals surface area contributed by atoms with Crippen LogP contribution >= 0.6 is 0 Å². The van der Waals surface area contributed by atoms with Crippen LogP contribution in [0.15, 0.2) is 0 Å². The van der Waals surface area contributed by atoms with Crippen molar-refractivity contribution in [3.05, 3.63) is 17.2 Å². The predicted octanol–water partition coefficient (Wildman–Crippen LogP) is 1.36. The first kappa shape index (κ1) is 16.0. The van der Waals surface area contributed by atoms with Gasteiger partial charge in [0.25, 0.3) is 0 Å². The van der Waals surface area contributed by atoms with Gasteiger partial charge in [0.1, 0.15) is 5.82 Å². The lowest BCUT2D eigenvalue weighted by atomic mass is 10.0. The maximum atomic E-state index is 11.5. The second-order valence-electron chi connectivity index (χ2n) is 6.25. The van der Waals surface area contributed by atoms with Crippen LogP contribution in [0.3, 0.4) is 0 Å². The Morgan fingerprint density at radius 3 is 2.91 bits per heavy atom. The first-order chi connectivity index (χ1) is 10.6. The molecule has 1 aromatic rings. The SMILES string of the molecule is CCS(=O)(=O)NCCN1CCC[C@H]1c1nc2c([nH]1)CCCC2. The van der Waals surface area contributed by atoms with Gasteiger partial charge in [0.15, 0.2) is 0 Å². The van der Waals surface area contributed by atoms with E-state index in [9.17, 15) is 8.42 Å². The number of aryl methyl sites for hydroxylation is 2. The third-order valence-corrected chi connectivity index (χ3v) is 6.16. The molecule has 7 heteroatoms. The molecule has 0 aromatic carbocycles. The molecule has 3 rings (SSSR count). The van der Waals surface area contributed by atoms with Crippen LogP contribution in [0.1, 0.15) is 55.9 Å². The highest BCUT2D eigenvalue weighted by atomic mass is 32.2. The van der Waals surface area contributed by atoms with Crippen molar-refractivity contribution in [3.63, 3.8) is 0 Å². The number of aromatic amines is 1. The molecule has 6 nitrogen and oxygen atoms in total. The van der Waals surface area contributed by atoms with Crippen molar-refractivity contribution in [2.75, 3.05) is 25.4 Å². The summed E-state index contributed by atoms with van der Waals surface area (Å²) in [5.41, 5.74) is 2.57. The third-order valence-electron chi connectivity index (χ3n) is 4.75. The maximum Gasteiger partial charge on any atom is 0.211 e. The second kappa shape index (κ2) is 6.68. The number of rotatable bonds is 6. The fraction of sp³-hybridized carbons (Fsp3) is 0.800. The fourth-order valence-electron chi connectivity index (χ4n) is 3.48. The molecular formula is C15H26N4O2S. The first-order valence-corrected chi connectivity index (χ1v) is 10.0. The molecule has 0 unspecified atom stereocenters.